The van der Waals surface area contributed by atoms with Gasteiger partial charge < -0.3 is 11.1 Å². The maximum absolute atomic E-state index is 13.6. The number of hydrogen-bond donors (Lipinski definition) is 2. The normalized spacial score (nSPS) is 10.4. The van der Waals surface area contributed by atoms with Crippen molar-refractivity contribution in [2.45, 2.75) is 0 Å². The molecule has 94 valence electrons. The molecule has 0 bridgehead atoms. The molecule has 0 spiro atoms. The van der Waals surface area contributed by atoms with Crippen LogP contribution in [-0.4, -0.2) is 15.7 Å². The first-order valence-electron chi connectivity index (χ1n) is 5.03. The van der Waals surface area contributed by atoms with Crippen molar-refractivity contribution >= 4 is 17.4 Å². The van der Waals surface area contributed by atoms with E-state index in [4.69, 9.17) is 5.73 Å². The maximum Gasteiger partial charge on any atom is 0.262 e. The summed E-state index contributed by atoms with van der Waals surface area (Å²) in [7, 11) is 1.59. The summed E-state index contributed by atoms with van der Waals surface area (Å²) < 4.78 is 28.4. The van der Waals surface area contributed by atoms with Crippen molar-refractivity contribution in [1.82, 2.24) is 9.78 Å². The molecule has 0 fully saturated rings. The fraction of sp³-hybridized carbons (Fsp3) is 0.0909. The van der Waals surface area contributed by atoms with E-state index in [-0.39, 0.29) is 5.69 Å². The van der Waals surface area contributed by atoms with Gasteiger partial charge in [0, 0.05) is 13.1 Å². The van der Waals surface area contributed by atoms with Gasteiger partial charge in [-0.15, -0.1) is 0 Å². The van der Waals surface area contributed by atoms with Gasteiger partial charge in [0.2, 0.25) is 0 Å². The molecule has 0 saturated heterocycles. The molecule has 0 unspecified atom stereocenters. The smallest absolute Gasteiger partial charge is 0.262 e. The van der Waals surface area contributed by atoms with E-state index in [1.165, 1.54) is 16.9 Å². The number of aromatic nitrogens is 2. The third kappa shape index (κ3) is 2.02. The van der Waals surface area contributed by atoms with Crippen LogP contribution >= 0.6 is 0 Å². The average molecular weight is 252 g/mol. The first-order valence-corrected chi connectivity index (χ1v) is 5.03. The van der Waals surface area contributed by atoms with E-state index in [9.17, 15) is 13.6 Å². The molecule has 5 nitrogen and oxygen atoms in total. The van der Waals surface area contributed by atoms with Crippen LogP contribution in [-0.2, 0) is 7.05 Å². The summed E-state index contributed by atoms with van der Waals surface area (Å²) in [5, 5.41) is 6.16. The first kappa shape index (κ1) is 12.0. The number of nitrogens with one attached hydrogen (secondary N) is 1. The highest BCUT2D eigenvalue weighted by Crippen LogP contribution is 2.19. The summed E-state index contributed by atoms with van der Waals surface area (Å²) in [6.07, 6.45) is 1.45. The summed E-state index contributed by atoms with van der Waals surface area (Å²) in [5.41, 5.74) is 4.29. The lowest BCUT2D eigenvalue weighted by molar-refractivity contribution is 0.101. The molecule has 0 aliphatic heterocycles. The summed E-state index contributed by atoms with van der Waals surface area (Å²) in [5.74, 6) is -2.64. The number of carbonyl (C=O) groups is 1. The molecule has 3 N–H and O–H groups in total. The van der Waals surface area contributed by atoms with Gasteiger partial charge in [0.25, 0.3) is 5.91 Å². The summed E-state index contributed by atoms with van der Waals surface area (Å²) in [6, 6.07) is 3.50. The average Bonchev–Trinajstić information content (AvgIpc) is 2.70. The number of hydrogen-bond acceptors (Lipinski definition) is 3. The summed E-state index contributed by atoms with van der Waals surface area (Å²) >= 11 is 0. The van der Waals surface area contributed by atoms with Gasteiger partial charge in [-0.1, -0.05) is 0 Å². The molecule has 2 aromatic rings. The number of benzene rings is 1. The highest BCUT2D eigenvalue weighted by atomic mass is 19.1. The number of nitrogens with zero attached hydrogens (tertiary/aromatic N) is 2. The molecule has 18 heavy (non-hydrogen) atoms. The van der Waals surface area contributed by atoms with Crippen molar-refractivity contribution in [3.63, 3.8) is 0 Å². The van der Waals surface area contributed by atoms with Gasteiger partial charge in [-0.05, 0) is 12.1 Å². The molecule has 7 heteroatoms. The zero-order valence-corrected chi connectivity index (χ0v) is 9.45. The van der Waals surface area contributed by atoms with E-state index in [0.717, 1.165) is 12.1 Å². The van der Waals surface area contributed by atoms with Gasteiger partial charge >= 0.3 is 0 Å². The van der Waals surface area contributed by atoms with Crippen LogP contribution in [0, 0.1) is 11.6 Å². The Morgan fingerprint density at radius 1 is 1.39 bits per heavy atom. The molecular formula is C11H10F2N4O. The van der Waals surface area contributed by atoms with Crippen LogP contribution < -0.4 is 11.1 Å². The number of aryl methyl sites for hydroxylation is 1. The Balaban J connectivity index is 2.35. The van der Waals surface area contributed by atoms with E-state index in [1.54, 1.807) is 7.05 Å². The number of rotatable bonds is 2. The lowest BCUT2D eigenvalue weighted by atomic mass is 10.1. The Labute approximate surface area is 101 Å². The molecule has 1 aromatic heterocycles. The Morgan fingerprint density at radius 3 is 2.72 bits per heavy atom. The second-order valence-electron chi connectivity index (χ2n) is 3.62. The van der Waals surface area contributed by atoms with E-state index in [0.29, 0.717) is 5.82 Å². The van der Waals surface area contributed by atoms with E-state index >= 15 is 0 Å². The lowest BCUT2D eigenvalue weighted by Crippen LogP contribution is -2.18. The quantitative estimate of drug-likeness (QED) is 0.796. The number of carbonyl (C=O) groups excluding carboxylic acids is 1. The zero-order chi connectivity index (χ0) is 13.3. The fourth-order valence-electron chi connectivity index (χ4n) is 1.45. The van der Waals surface area contributed by atoms with Gasteiger partial charge in [0.15, 0.2) is 5.82 Å². The van der Waals surface area contributed by atoms with E-state index in [2.05, 4.69) is 10.4 Å². The number of amides is 1. The SMILES string of the molecule is Cn1nccc1NC(=O)c1c(F)ccc(N)c1F. The number of nitrogens with two attached hydrogens (primary N) is 1. The Bertz CT molecular complexity index is 609. The standard InChI is InChI=1S/C11H10F2N4O/c1-17-8(4-5-15-17)16-11(18)9-6(12)2-3-7(14)10(9)13/h2-5H,14H2,1H3,(H,16,18). The van der Waals surface area contributed by atoms with Crippen molar-refractivity contribution in [2.24, 2.45) is 7.05 Å². The molecule has 0 aliphatic rings. The van der Waals surface area contributed by atoms with Gasteiger partial charge in [0.1, 0.15) is 17.2 Å². The van der Waals surface area contributed by atoms with Crippen molar-refractivity contribution in [2.75, 3.05) is 11.1 Å². The van der Waals surface area contributed by atoms with Crippen molar-refractivity contribution in [3.05, 3.63) is 41.6 Å². The minimum atomic E-state index is -1.07. The van der Waals surface area contributed by atoms with Gasteiger partial charge in [-0.25, -0.2) is 8.78 Å². The van der Waals surface area contributed by atoms with Crippen LogP contribution in [0.2, 0.25) is 0 Å². The Morgan fingerprint density at radius 2 is 2.11 bits per heavy atom. The third-order valence-electron chi connectivity index (χ3n) is 2.41. The zero-order valence-electron chi connectivity index (χ0n) is 9.45. The van der Waals surface area contributed by atoms with Crippen LogP contribution in [0.15, 0.2) is 24.4 Å². The largest absolute Gasteiger partial charge is 0.396 e. The molecule has 1 aromatic carbocycles. The Kier molecular flexibility index (Phi) is 2.97. The van der Waals surface area contributed by atoms with Gasteiger partial charge in [-0.2, -0.15) is 5.10 Å². The van der Waals surface area contributed by atoms with Crippen LogP contribution in [0.5, 0.6) is 0 Å². The minimum absolute atomic E-state index is 0.286. The number of halogens is 2. The van der Waals surface area contributed by atoms with Gasteiger partial charge in [-0.3, -0.25) is 9.48 Å². The summed E-state index contributed by atoms with van der Waals surface area (Å²) in [4.78, 5) is 11.8. The summed E-state index contributed by atoms with van der Waals surface area (Å²) in [6.45, 7) is 0. The molecular weight excluding hydrogens is 242 g/mol. The predicted octanol–water partition coefficient (Wildman–Crippen LogP) is 1.53. The molecule has 0 atom stereocenters. The predicted molar refractivity (Wildman–Crippen MR) is 61.9 cm³/mol. The highest BCUT2D eigenvalue weighted by molar-refractivity contribution is 6.04. The topological polar surface area (TPSA) is 72.9 Å². The fourth-order valence-corrected chi connectivity index (χ4v) is 1.45. The molecule has 1 heterocycles. The van der Waals surface area contributed by atoms with E-state index in [1.807, 2.05) is 0 Å². The van der Waals surface area contributed by atoms with Crippen LogP contribution in [0.3, 0.4) is 0 Å². The second kappa shape index (κ2) is 4.44. The molecule has 2 rings (SSSR count). The third-order valence-corrected chi connectivity index (χ3v) is 2.41. The minimum Gasteiger partial charge on any atom is -0.396 e. The molecule has 0 radical (unpaired) electrons. The molecule has 0 aliphatic carbocycles. The number of nitrogen functional groups attached to an aromatic ring is 1. The van der Waals surface area contributed by atoms with E-state index < -0.39 is 23.1 Å². The maximum atomic E-state index is 13.6. The van der Waals surface area contributed by atoms with Crippen LogP contribution in [0.4, 0.5) is 20.3 Å². The van der Waals surface area contributed by atoms with Crippen LogP contribution in [0.25, 0.3) is 0 Å². The van der Waals surface area contributed by atoms with Crippen molar-refractivity contribution in [1.29, 1.82) is 0 Å². The molecule has 0 saturated carbocycles. The first-order chi connectivity index (χ1) is 8.50. The lowest BCUT2D eigenvalue weighted by Gasteiger charge is -2.08. The van der Waals surface area contributed by atoms with Crippen molar-refractivity contribution < 1.29 is 13.6 Å². The highest BCUT2D eigenvalue weighted by Gasteiger charge is 2.20. The number of anilines is 2. The Hall–Kier alpha value is -2.44. The van der Waals surface area contributed by atoms with Crippen LogP contribution in [0.1, 0.15) is 10.4 Å². The van der Waals surface area contributed by atoms with Gasteiger partial charge in [0.05, 0.1) is 11.9 Å². The monoisotopic (exact) mass is 252 g/mol. The van der Waals surface area contributed by atoms with Crippen molar-refractivity contribution in [3.8, 4) is 0 Å². The molecule has 1 amide bonds. The second-order valence-corrected chi connectivity index (χ2v) is 3.62.